The van der Waals surface area contributed by atoms with Gasteiger partial charge >= 0.3 is 0 Å². The summed E-state index contributed by atoms with van der Waals surface area (Å²) in [5, 5.41) is 0.780. The molecule has 0 aliphatic carbocycles. The molecule has 6 heteroatoms. The third kappa shape index (κ3) is 2.27. The van der Waals surface area contributed by atoms with Crippen molar-refractivity contribution in [3.8, 4) is 11.3 Å². The molecule has 0 atom stereocenters. The fourth-order valence-corrected chi connectivity index (χ4v) is 2.64. The number of fused-ring (bicyclic) bond motifs is 1. The van der Waals surface area contributed by atoms with Gasteiger partial charge in [0.2, 0.25) is 0 Å². The molecule has 0 aliphatic heterocycles. The number of thioether (sulfide) groups is 1. The highest BCUT2D eigenvalue weighted by atomic mass is 32.2. The van der Waals surface area contributed by atoms with Gasteiger partial charge in [0.15, 0.2) is 16.8 Å². The first kappa shape index (κ1) is 13.1. The van der Waals surface area contributed by atoms with E-state index in [1.165, 1.54) is 6.07 Å². The van der Waals surface area contributed by atoms with Gasteiger partial charge in [0.05, 0.1) is 5.69 Å². The molecule has 20 heavy (non-hydrogen) atoms. The molecule has 0 saturated heterocycles. The first-order valence-electron chi connectivity index (χ1n) is 6.11. The molecule has 102 valence electrons. The van der Waals surface area contributed by atoms with E-state index in [2.05, 4.69) is 9.97 Å². The average Bonchev–Trinajstić information content (AvgIpc) is 2.90. The maximum atomic E-state index is 13.3. The lowest BCUT2D eigenvalue weighted by Crippen LogP contribution is -1.97. The third-order valence-corrected chi connectivity index (χ3v) is 3.68. The Morgan fingerprint density at radius 3 is 2.80 bits per heavy atom. The van der Waals surface area contributed by atoms with Crippen LogP contribution in [0.5, 0.6) is 0 Å². The number of hydrogen-bond donors (Lipinski definition) is 0. The summed E-state index contributed by atoms with van der Waals surface area (Å²) in [6.45, 7) is 2.03. The van der Waals surface area contributed by atoms with E-state index >= 15 is 0 Å². The highest BCUT2D eigenvalue weighted by Gasteiger charge is 2.10. The molecule has 2 aromatic heterocycles. The Kier molecular flexibility index (Phi) is 3.40. The molecule has 0 fully saturated rings. The lowest BCUT2D eigenvalue weighted by atomic mass is 10.1. The van der Waals surface area contributed by atoms with E-state index in [-0.39, 0.29) is 0 Å². The number of benzene rings is 1. The van der Waals surface area contributed by atoms with Crippen LogP contribution in [0, 0.1) is 11.6 Å². The van der Waals surface area contributed by atoms with E-state index in [4.69, 9.17) is 0 Å². The summed E-state index contributed by atoms with van der Waals surface area (Å²) >= 11 is 1.57. The van der Waals surface area contributed by atoms with Crippen molar-refractivity contribution in [3.63, 3.8) is 0 Å². The Morgan fingerprint density at radius 2 is 2.05 bits per heavy atom. The Labute approximate surface area is 118 Å². The Bertz CT molecular complexity index is 770. The minimum atomic E-state index is -0.878. The van der Waals surface area contributed by atoms with Gasteiger partial charge in [0, 0.05) is 24.0 Å². The molecular formula is C14H11F2N3S. The second-order valence-electron chi connectivity index (χ2n) is 4.14. The Hall–Kier alpha value is -1.95. The molecular weight excluding hydrogens is 280 g/mol. The van der Waals surface area contributed by atoms with Crippen molar-refractivity contribution < 1.29 is 8.78 Å². The summed E-state index contributed by atoms with van der Waals surface area (Å²) in [4.78, 5) is 8.73. The van der Waals surface area contributed by atoms with Crippen molar-refractivity contribution in [3.05, 3.63) is 48.3 Å². The average molecular weight is 291 g/mol. The molecule has 3 aromatic rings. The molecule has 0 amide bonds. The molecule has 0 radical (unpaired) electrons. The predicted molar refractivity (Wildman–Crippen MR) is 74.7 cm³/mol. The van der Waals surface area contributed by atoms with Crippen LogP contribution in [0.1, 0.15) is 6.92 Å². The van der Waals surface area contributed by atoms with E-state index < -0.39 is 11.6 Å². The van der Waals surface area contributed by atoms with Gasteiger partial charge < -0.3 is 0 Å². The lowest BCUT2D eigenvalue weighted by Gasteiger charge is -2.07. The lowest BCUT2D eigenvalue weighted by molar-refractivity contribution is 0.509. The summed E-state index contributed by atoms with van der Waals surface area (Å²) in [5.74, 6) is -0.877. The van der Waals surface area contributed by atoms with Crippen LogP contribution in [0.4, 0.5) is 8.78 Å². The van der Waals surface area contributed by atoms with Gasteiger partial charge in [-0.1, -0.05) is 18.7 Å². The minimum absolute atomic E-state index is 0.535. The molecule has 0 bridgehead atoms. The monoisotopic (exact) mass is 291 g/mol. The van der Waals surface area contributed by atoms with Crippen molar-refractivity contribution in [2.24, 2.45) is 0 Å². The third-order valence-electron chi connectivity index (χ3n) is 2.85. The maximum Gasteiger partial charge on any atom is 0.174 e. The number of halogens is 2. The van der Waals surface area contributed by atoms with E-state index in [1.807, 2.05) is 17.5 Å². The standard InChI is InChI=1S/C14H11F2N3S/c1-2-20-14-18-12(8-13-17-5-6-19(13)14)9-3-4-10(15)11(16)7-9/h3-8H,2H2,1H3. The molecule has 0 unspecified atom stereocenters. The van der Waals surface area contributed by atoms with Crippen molar-refractivity contribution >= 4 is 17.4 Å². The predicted octanol–water partition coefficient (Wildman–Crippen LogP) is 3.79. The highest BCUT2D eigenvalue weighted by Crippen LogP contribution is 2.25. The van der Waals surface area contributed by atoms with Crippen LogP contribution in [0.2, 0.25) is 0 Å². The number of hydrogen-bond acceptors (Lipinski definition) is 3. The molecule has 0 saturated carbocycles. The van der Waals surface area contributed by atoms with Gasteiger partial charge in [-0.3, -0.25) is 4.40 Å². The van der Waals surface area contributed by atoms with Crippen LogP contribution in [-0.2, 0) is 0 Å². The van der Waals surface area contributed by atoms with Crippen molar-refractivity contribution in [1.29, 1.82) is 0 Å². The highest BCUT2D eigenvalue weighted by molar-refractivity contribution is 7.99. The van der Waals surface area contributed by atoms with E-state index in [1.54, 1.807) is 24.0 Å². The van der Waals surface area contributed by atoms with E-state index in [0.717, 1.165) is 28.7 Å². The molecule has 2 heterocycles. The Balaban J connectivity index is 2.17. The van der Waals surface area contributed by atoms with Crippen LogP contribution in [0.3, 0.4) is 0 Å². The van der Waals surface area contributed by atoms with Gasteiger partial charge in [0.25, 0.3) is 0 Å². The normalized spacial score (nSPS) is 11.2. The summed E-state index contributed by atoms with van der Waals surface area (Å²) < 4.78 is 28.2. The topological polar surface area (TPSA) is 30.2 Å². The Morgan fingerprint density at radius 1 is 1.20 bits per heavy atom. The van der Waals surface area contributed by atoms with Crippen molar-refractivity contribution in [1.82, 2.24) is 14.4 Å². The molecule has 0 N–H and O–H groups in total. The summed E-state index contributed by atoms with van der Waals surface area (Å²) in [6, 6.07) is 5.53. The molecule has 1 aromatic carbocycles. The summed E-state index contributed by atoms with van der Waals surface area (Å²) in [5.41, 5.74) is 1.85. The number of aromatic nitrogens is 3. The second-order valence-corrected chi connectivity index (χ2v) is 5.37. The fourth-order valence-electron chi connectivity index (χ4n) is 1.93. The van der Waals surface area contributed by atoms with Crippen LogP contribution in [-0.4, -0.2) is 20.1 Å². The summed E-state index contributed by atoms with van der Waals surface area (Å²) in [7, 11) is 0. The number of nitrogens with zero attached hydrogens (tertiary/aromatic N) is 3. The van der Waals surface area contributed by atoms with Crippen molar-refractivity contribution in [2.45, 2.75) is 12.1 Å². The molecule has 3 rings (SSSR count). The summed E-state index contributed by atoms with van der Waals surface area (Å²) in [6.07, 6.45) is 3.51. The van der Waals surface area contributed by atoms with Gasteiger partial charge in [0.1, 0.15) is 5.65 Å². The molecule has 3 nitrogen and oxygen atoms in total. The fraction of sp³-hybridized carbons (Fsp3) is 0.143. The smallest absolute Gasteiger partial charge is 0.174 e. The second kappa shape index (κ2) is 5.20. The first-order valence-corrected chi connectivity index (χ1v) is 7.10. The maximum absolute atomic E-state index is 13.3. The van der Waals surface area contributed by atoms with Crippen molar-refractivity contribution in [2.75, 3.05) is 5.75 Å². The molecule has 0 spiro atoms. The van der Waals surface area contributed by atoms with Crippen LogP contribution >= 0.6 is 11.8 Å². The SMILES string of the molecule is CCSc1nc(-c2ccc(F)c(F)c2)cc2nccn12. The largest absolute Gasteiger partial charge is 0.279 e. The minimum Gasteiger partial charge on any atom is -0.279 e. The zero-order valence-corrected chi connectivity index (χ0v) is 11.5. The first-order chi connectivity index (χ1) is 9.69. The van der Waals surface area contributed by atoms with Crippen LogP contribution in [0.15, 0.2) is 41.8 Å². The molecule has 0 aliphatic rings. The van der Waals surface area contributed by atoms with E-state index in [0.29, 0.717) is 11.3 Å². The van der Waals surface area contributed by atoms with Crippen LogP contribution in [0.25, 0.3) is 16.9 Å². The number of imidazole rings is 1. The quantitative estimate of drug-likeness (QED) is 0.543. The van der Waals surface area contributed by atoms with E-state index in [9.17, 15) is 8.78 Å². The zero-order valence-electron chi connectivity index (χ0n) is 10.7. The van der Waals surface area contributed by atoms with Gasteiger partial charge in [-0.2, -0.15) is 0 Å². The van der Waals surface area contributed by atoms with Gasteiger partial charge in [-0.05, 0) is 24.0 Å². The number of rotatable bonds is 3. The van der Waals surface area contributed by atoms with Gasteiger partial charge in [-0.15, -0.1) is 0 Å². The van der Waals surface area contributed by atoms with Crippen LogP contribution < -0.4 is 0 Å². The van der Waals surface area contributed by atoms with Gasteiger partial charge in [-0.25, -0.2) is 18.7 Å². The zero-order chi connectivity index (χ0) is 14.1.